The number of rotatable bonds is 5. The van der Waals surface area contributed by atoms with Crippen LogP contribution in [0, 0.1) is 5.92 Å². The van der Waals surface area contributed by atoms with Crippen molar-refractivity contribution in [1.29, 1.82) is 0 Å². The molecule has 0 spiro atoms. The Bertz CT molecular complexity index is 293. The maximum Gasteiger partial charge on any atom is 0.0701 e. The average molecular weight is 274 g/mol. The average Bonchev–Trinajstić information content (AvgIpc) is 2.92. The largest absolute Gasteiger partial charge is 0.310 e. The fourth-order valence-corrected chi connectivity index (χ4v) is 3.04. The van der Waals surface area contributed by atoms with E-state index in [4.69, 9.17) is 0 Å². The van der Waals surface area contributed by atoms with Crippen molar-refractivity contribution in [3.8, 4) is 0 Å². The standard InChI is InChI=1S/C11H16BrNS/c1-2-10(9-3-4-9)13-6-8-5-11(12)14-7-8/h5,7,9-10,13H,2-4,6H2,1H3. The lowest BCUT2D eigenvalue weighted by Crippen LogP contribution is -2.29. The van der Waals surface area contributed by atoms with Gasteiger partial charge in [-0.3, -0.25) is 0 Å². The molecule has 0 amide bonds. The Hall–Kier alpha value is 0.140. The van der Waals surface area contributed by atoms with E-state index in [1.165, 1.54) is 28.6 Å². The van der Waals surface area contributed by atoms with E-state index in [1.807, 2.05) is 0 Å². The van der Waals surface area contributed by atoms with Gasteiger partial charge < -0.3 is 5.32 Å². The van der Waals surface area contributed by atoms with Gasteiger partial charge in [0.15, 0.2) is 0 Å². The minimum absolute atomic E-state index is 0.744. The molecule has 1 atom stereocenters. The van der Waals surface area contributed by atoms with Gasteiger partial charge >= 0.3 is 0 Å². The van der Waals surface area contributed by atoms with Gasteiger partial charge in [0.1, 0.15) is 0 Å². The summed E-state index contributed by atoms with van der Waals surface area (Å²) in [5, 5.41) is 5.87. The Morgan fingerprint density at radius 2 is 2.43 bits per heavy atom. The van der Waals surface area contributed by atoms with Crippen LogP contribution < -0.4 is 5.32 Å². The molecule has 1 unspecified atom stereocenters. The maximum atomic E-state index is 3.65. The Morgan fingerprint density at radius 1 is 1.64 bits per heavy atom. The van der Waals surface area contributed by atoms with Gasteiger partial charge in [0.2, 0.25) is 0 Å². The summed E-state index contributed by atoms with van der Waals surface area (Å²) in [5.41, 5.74) is 1.40. The number of nitrogens with one attached hydrogen (secondary N) is 1. The van der Waals surface area contributed by atoms with Crippen LogP contribution >= 0.6 is 27.3 Å². The van der Waals surface area contributed by atoms with Crippen molar-refractivity contribution in [2.45, 2.75) is 38.8 Å². The lowest BCUT2D eigenvalue weighted by Gasteiger charge is -2.15. The van der Waals surface area contributed by atoms with Gasteiger partial charge in [0.05, 0.1) is 3.79 Å². The second-order valence-corrected chi connectivity index (χ2v) is 6.28. The monoisotopic (exact) mass is 273 g/mol. The molecule has 1 aliphatic carbocycles. The molecule has 78 valence electrons. The first-order chi connectivity index (χ1) is 6.79. The highest BCUT2D eigenvalue weighted by Gasteiger charge is 2.29. The van der Waals surface area contributed by atoms with E-state index in [0.29, 0.717) is 0 Å². The Balaban J connectivity index is 1.80. The molecule has 1 heterocycles. The maximum absolute atomic E-state index is 3.65. The van der Waals surface area contributed by atoms with E-state index in [9.17, 15) is 0 Å². The summed E-state index contributed by atoms with van der Waals surface area (Å²) in [7, 11) is 0. The zero-order valence-corrected chi connectivity index (χ0v) is 10.8. The molecular formula is C11H16BrNS. The van der Waals surface area contributed by atoms with E-state index >= 15 is 0 Å². The van der Waals surface area contributed by atoms with Gasteiger partial charge in [-0.2, -0.15) is 0 Å². The third-order valence-corrected chi connectivity index (χ3v) is 4.37. The Kier molecular flexibility index (Phi) is 3.63. The van der Waals surface area contributed by atoms with Crippen molar-refractivity contribution >= 4 is 27.3 Å². The van der Waals surface area contributed by atoms with Gasteiger partial charge in [-0.1, -0.05) is 6.92 Å². The van der Waals surface area contributed by atoms with Crippen LogP contribution in [0.1, 0.15) is 31.7 Å². The molecule has 1 N–H and O–H groups in total. The van der Waals surface area contributed by atoms with E-state index in [-0.39, 0.29) is 0 Å². The molecule has 1 saturated carbocycles. The predicted molar refractivity (Wildman–Crippen MR) is 65.7 cm³/mol. The van der Waals surface area contributed by atoms with Crippen molar-refractivity contribution in [2.24, 2.45) is 5.92 Å². The van der Waals surface area contributed by atoms with Crippen molar-refractivity contribution in [2.75, 3.05) is 0 Å². The zero-order chi connectivity index (χ0) is 9.97. The first kappa shape index (κ1) is 10.7. The molecule has 0 saturated heterocycles. The van der Waals surface area contributed by atoms with E-state index in [2.05, 4.69) is 39.6 Å². The third kappa shape index (κ3) is 2.81. The molecule has 1 fully saturated rings. The molecule has 1 nitrogen and oxygen atoms in total. The summed E-state index contributed by atoms with van der Waals surface area (Å²) in [5.74, 6) is 0.960. The number of halogens is 1. The topological polar surface area (TPSA) is 12.0 Å². The normalized spacial score (nSPS) is 18.4. The molecule has 0 aliphatic heterocycles. The van der Waals surface area contributed by atoms with Crippen molar-refractivity contribution in [1.82, 2.24) is 5.32 Å². The van der Waals surface area contributed by atoms with Gasteiger partial charge in [-0.05, 0) is 58.1 Å². The quantitative estimate of drug-likeness (QED) is 0.861. The molecule has 1 aromatic rings. The minimum atomic E-state index is 0.744. The molecule has 0 radical (unpaired) electrons. The van der Waals surface area contributed by atoms with Crippen LogP contribution in [0.4, 0.5) is 0 Å². The van der Waals surface area contributed by atoms with Crippen LogP contribution in [0.25, 0.3) is 0 Å². The summed E-state index contributed by atoms with van der Waals surface area (Å²) in [4.78, 5) is 0. The highest BCUT2D eigenvalue weighted by molar-refractivity contribution is 9.11. The van der Waals surface area contributed by atoms with Crippen molar-refractivity contribution < 1.29 is 0 Å². The zero-order valence-electron chi connectivity index (χ0n) is 8.42. The van der Waals surface area contributed by atoms with Crippen molar-refractivity contribution in [3.63, 3.8) is 0 Å². The summed E-state index contributed by atoms with van der Waals surface area (Å²) >= 11 is 5.25. The molecule has 3 heteroatoms. The highest BCUT2D eigenvalue weighted by Crippen LogP contribution is 2.34. The van der Waals surface area contributed by atoms with Gasteiger partial charge in [-0.15, -0.1) is 11.3 Å². The molecule has 14 heavy (non-hydrogen) atoms. The van der Waals surface area contributed by atoms with Gasteiger partial charge in [0.25, 0.3) is 0 Å². The van der Waals surface area contributed by atoms with Gasteiger partial charge in [-0.25, -0.2) is 0 Å². The lowest BCUT2D eigenvalue weighted by atomic mass is 10.1. The van der Waals surface area contributed by atoms with Crippen LogP contribution in [0.5, 0.6) is 0 Å². The molecule has 0 bridgehead atoms. The molecule has 1 aliphatic rings. The molecule has 1 aromatic heterocycles. The van der Waals surface area contributed by atoms with Crippen LogP contribution in [0.15, 0.2) is 15.2 Å². The molecule has 0 aromatic carbocycles. The highest BCUT2D eigenvalue weighted by atomic mass is 79.9. The fourth-order valence-electron chi connectivity index (χ4n) is 1.83. The summed E-state index contributed by atoms with van der Waals surface area (Å²) in [6.07, 6.45) is 4.12. The van der Waals surface area contributed by atoms with E-state index in [0.717, 1.165) is 18.5 Å². The van der Waals surface area contributed by atoms with Crippen LogP contribution in [-0.2, 0) is 6.54 Å². The van der Waals surface area contributed by atoms with Crippen LogP contribution in [-0.4, -0.2) is 6.04 Å². The van der Waals surface area contributed by atoms with Crippen LogP contribution in [0.2, 0.25) is 0 Å². The lowest BCUT2D eigenvalue weighted by molar-refractivity contribution is 0.449. The summed E-state index contributed by atoms with van der Waals surface area (Å²) in [6.45, 7) is 3.30. The SMILES string of the molecule is CCC(NCc1csc(Br)c1)C1CC1. The molecule has 2 rings (SSSR count). The fraction of sp³-hybridized carbons (Fsp3) is 0.636. The molecular weight excluding hydrogens is 258 g/mol. The minimum Gasteiger partial charge on any atom is -0.310 e. The summed E-state index contributed by atoms with van der Waals surface area (Å²) in [6, 6.07) is 2.95. The first-order valence-electron chi connectivity index (χ1n) is 5.26. The number of hydrogen-bond donors (Lipinski definition) is 1. The first-order valence-corrected chi connectivity index (χ1v) is 6.93. The second kappa shape index (κ2) is 4.77. The van der Waals surface area contributed by atoms with Gasteiger partial charge in [0, 0.05) is 12.6 Å². The van der Waals surface area contributed by atoms with E-state index in [1.54, 1.807) is 11.3 Å². The number of hydrogen-bond acceptors (Lipinski definition) is 2. The Morgan fingerprint density at radius 3 is 2.93 bits per heavy atom. The Labute approximate surface area is 98.0 Å². The smallest absolute Gasteiger partial charge is 0.0701 e. The van der Waals surface area contributed by atoms with Crippen LogP contribution in [0.3, 0.4) is 0 Å². The van der Waals surface area contributed by atoms with Crippen molar-refractivity contribution in [3.05, 3.63) is 20.8 Å². The number of thiophene rings is 1. The second-order valence-electron chi connectivity index (χ2n) is 3.99. The van der Waals surface area contributed by atoms with E-state index < -0.39 is 0 Å². The summed E-state index contributed by atoms with van der Waals surface area (Å²) < 4.78 is 1.23. The predicted octanol–water partition coefficient (Wildman–Crippen LogP) is 3.79. The third-order valence-electron chi connectivity index (χ3n) is 2.82.